The zero-order valence-corrected chi connectivity index (χ0v) is 12.0. The van der Waals surface area contributed by atoms with Gasteiger partial charge in [0.25, 0.3) is 0 Å². The molecule has 2 atom stereocenters. The first-order valence-corrected chi connectivity index (χ1v) is 7.31. The number of hydrogen-bond donors (Lipinski definition) is 1. The van der Waals surface area contributed by atoms with E-state index in [1.165, 1.54) is 6.42 Å². The molecule has 0 radical (unpaired) electrons. The smallest absolute Gasteiger partial charge is 0.0996 e. The largest absolute Gasteiger partial charge is 0.386 e. The van der Waals surface area contributed by atoms with E-state index in [-0.39, 0.29) is 5.41 Å². The van der Waals surface area contributed by atoms with E-state index in [1.807, 2.05) is 0 Å². The summed E-state index contributed by atoms with van der Waals surface area (Å²) in [4.78, 5) is 0. The molecule has 3 nitrogen and oxygen atoms in total. The third kappa shape index (κ3) is 2.89. The van der Waals surface area contributed by atoms with Gasteiger partial charge in [-0.3, -0.25) is 0 Å². The van der Waals surface area contributed by atoms with Crippen LogP contribution in [-0.2, 0) is 9.47 Å². The van der Waals surface area contributed by atoms with E-state index in [2.05, 4.69) is 29.5 Å². The molecule has 1 saturated heterocycles. The molecule has 0 spiro atoms. The molecule has 2 fully saturated rings. The molecule has 0 aromatic carbocycles. The summed E-state index contributed by atoms with van der Waals surface area (Å²) >= 11 is 2.36. The third-order valence-corrected chi connectivity index (χ3v) is 5.39. The van der Waals surface area contributed by atoms with Crippen LogP contribution in [0.4, 0.5) is 0 Å². The molecule has 0 aromatic heterocycles. The van der Waals surface area contributed by atoms with Crippen LogP contribution in [0.25, 0.3) is 0 Å². The Labute approximate surface area is 111 Å². The van der Waals surface area contributed by atoms with Crippen molar-refractivity contribution in [3.05, 3.63) is 0 Å². The van der Waals surface area contributed by atoms with Gasteiger partial charge in [0.05, 0.1) is 32.0 Å². The fourth-order valence-electron chi connectivity index (χ4n) is 2.35. The second-order valence-corrected chi connectivity index (χ2v) is 7.12. The molecular weight excluding hydrogens is 319 g/mol. The van der Waals surface area contributed by atoms with Gasteiger partial charge in [-0.1, -0.05) is 42.4 Å². The van der Waals surface area contributed by atoms with Crippen LogP contribution >= 0.6 is 22.6 Å². The summed E-state index contributed by atoms with van der Waals surface area (Å²) in [5, 5.41) is 10.5. The van der Waals surface area contributed by atoms with Gasteiger partial charge < -0.3 is 14.6 Å². The molecule has 1 aliphatic heterocycles. The Kier molecular flexibility index (Phi) is 4.14. The van der Waals surface area contributed by atoms with Crippen LogP contribution in [0.15, 0.2) is 0 Å². The second kappa shape index (κ2) is 5.08. The SMILES string of the molecule is CC1(COCC2(O)CCCCC2I)COC1. The number of aliphatic hydroxyl groups is 1. The van der Waals surface area contributed by atoms with Gasteiger partial charge in [0.1, 0.15) is 0 Å². The van der Waals surface area contributed by atoms with Crippen LogP contribution in [0.1, 0.15) is 32.6 Å². The third-order valence-electron chi connectivity index (χ3n) is 3.60. The molecule has 2 rings (SSSR count). The number of halogens is 1. The van der Waals surface area contributed by atoms with E-state index in [0.717, 1.165) is 32.5 Å². The molecule has 0 bridgehead atoms. The van der Waals surface area contributed by atoms with Gasteiger partial charge in [-0.05, 0) is 12.8 Å². The van der Waals surface area contributed by atoms with Crippen molar-refractivity contribution in [2.75, 3.05) is 26.4 Å². The summed E-state index contributed by atoms with van der Waals surface area (Å²) in [6, 6.07) is 0. The Balaban J connectivity index is 1.75. The van der Waals surface area contributed by atoms with Crippen molar-refractivity contribution in [3.8, 4) is 0 Å². The zero-order valence-electron chi connectivity index (χ0n) is 9.88. The first-order chi connectivity index (χ1) is 7.54. The predicted molar refractivity (Wildman–Crippen MR) is 71.0 cm³/mol. The minimum Gasteiger partial charge on any atom is -0.386 e. The minimum atomic E-state index is -0.597. The topological polar surface area (TPSA) is 38.7 Å². The molecule has 1 N–H and O–H groups in total. The van der Waals surface area contributed by atoms with E-state index in [4.69, 9.17) is 9.47 Å². The molecule has 1 aliphatic carbocycles. The van der Waals surface area contributed by atoms with E-state index in [9.17, 15) is 5.11 Å². The van der Waals surface area contributed by atoms with E-state index in [1.54, 1.807) is 0 Å². The molecule has 0 aromatic rings. The van der Waals surface area contributed by atoms with Crippen molar-refractivity contribution < 1.29 is 14.6 Å². The highest BCUT2D eigenvalue weighted by Gasteiger charge is 2.39. The van der Waals surface area contributed by atoms with Crippen LogP contribution < -0.4 is 0 Å². The maximum atomic E-state index is 10.5. The van der Waals surface area contributed by atoms with Crippen molar-refractivity contribution in [3.63, 3.8) is 0 Å². The fourth-order valence-corrected chi connectivity index (χ4v) is 3.28. The van der Waals surface area contributed by atoms with E-state index >= 15 is 0 Å². The van der Waals surface area contributed by atoms with Crippen LogP contribution in [0.3, 0.4) is 0 Å². The van der Waals surface area contributed by atoms with Gasteiger partial charge >= 0.3 is 0 Å². The van der Waals surface area contributed by atoms with E-state index in [0.29, 0.717) is 17.1 Å². The standard InChI is InChI=1S/C12H21IO3/c1-11(6-15-7-11)8-16-9-12(14)5-3-2-4-10(12)13/h10,14H,2-9H2,1H3. The highest BCUT2D eigenvalue weighted by Crippen LogP contribution is 2.35. The molecule has 2 unspecified atom stereocenters. The second-order valence-electron chi connectivity index (χ2n) is 5.61. The molecule has 1 saturated carbocycles. The Morgan fingerprint density at radius 2 is 2.12 bits per heavy atom. The minimum absolute atomic E-state index is 0.186. The lowest BCUT2D eigenvalue weighted by Crippen LogP contribution is -2.48. The summed E-state index contributed by atoms with van der Waals surface area (Å²) in [5.74, 6) is 0. The van der Waals surface area contributed by atoms with Crippen molar-refractivity contribution in [2.45, 2.75) is 42.1 Å². The predicted octanol–water partition coefficient (Wildman–Crippen LogP) is 2.15. The summed E-state index contributed by atoms with van der Waals surface area (Å²) in [6.07, 6.45) is 4.36. The number of rotatable bonds is 4. The van der Waals surface area contributed by atoms with Gasteiger partial charge in [0.2, 0.25) is 0 Å². The first-order valence-electron chi connectivity index (χ1n) is 6.06. The summed E-state index contributed by atoms with van der Waals surface area (Å²) in [5.41, 5.74) is -0.411. The summed E-state index contributed by atoms with van der Waals surface area (Å²) in [6.45, 7) is 4.94. The maximum absolute atomic E-state index is 10.5. The van der Waals surface area contributed by atoms with Crippen LogP contribution in [0.2, 0.25) is 0 Å². The highest BCUT2D eigenvalue weighted by atomic mass is 127. The molecule has 4 heteroatoms. The molecule has 2 aliphatic rings. The molecule has 0 amide bonds. The van der Waals surface area contributed by atoms with Crippen LogP contribution in [0, 0.1) is 5.41 Å². The lowest BCUT2D eigenvalue weighted by molar-refractivity contribution is -0.155. The Bertz CT molecular complexity index is 242. The monoisotopic (exact) mass is 340 g/mol. The van der Waals surface area contributed by atoms with Gasteiger partial charge in [0.15, 0.2) is 0 Å². The summed E-state index contributed by atoms with van der Waals surface area (Å²) < 4.78 is 11.2. The average Bonchev–Trinajstić information content (AvgIpc) is 2.20. The molecule has 1 heterocycles. The molecule has 16 heavy (non-hydrogen) atoms. The average molecular weight is 340 g/mol. The van der Waals surface area contributed by atoms with Gasteiger partial charge in [0, 0.05) is 9.34 Å². The quantitative estimate of drug-likeness (QED) is 0.630. The Hall–Kier alpha value is 0.610. The van der Waals surface area contributed by atoms with Crippen molar-refractivity contribution in [1.29, 1.82) is 0 Å². The number of alkyl halides is 1. The molecule has 94 valence electrons. The maximum Gasteiger partial charge on any atom is 0.0996 e. The van der Waals surface area contributed by atoms with Crippen molar-refractivity contribution in [1.82, 2.24) is 0 Å². The highest BCUT2D eigenvalue weighted by molar-refractivity contribution is 14.1. The van der Waals surface area contributed by atoms with Gasteiger partial charge in [-0.15, -0.1) is 0 Å². The van der Waals surface area contributed by atoms with Gasteiger partial charge in [-0.2, -0.15) is 0 Å². The van der Waals surface area contributed by atoms with E-state index < -0.39 is 5.60 Å². The van der Waals surface area contributed by atoms with Crippen molar-refractivity contribution in [2.24, 2.45) is 5.41 Å². The lowest BCUT2D eigenvalue weighted by Gasteiger charge is -2.40. The Morgan fingerprint density at radius 1 is 1.38 bits per heavy atom. The molecular formula is C12H21IO3. The first kappa shape index (κ1) is 13.1. The zero-order chi connectivity index (χ0) is 11.6. The lowest BCUT2D eigenvalue weighted by atomic mass is 9.85. The number of ether oxygens (including phenoxy) is 2. The van der Waals surface area contributed by atoms with Crippen LogP contribution in [0.5, 0.6) is 0 Å². The van der Waals surface area contributed by atoms with Gasteiger partial charge in [-0.25, -0.2) is 0 Å². The fraction of sp³-hybridized carbons (Fsp3) is 1.00. The Morgan fingerprint density at radius 3 is 2.69 bits per heavy atom. The normalized spacial score (nSPS) is 38.1. The summed E-state index contributed by atoms with van der Waals surface area (Å²) in [7, 11) is 0. The number of hydrogen-bond acceptors (Lipinski definition) is 3. The van der Waals surface area contributed by atoms with Crippen molar-refractivity contribution >= 4 is 22.6 Å². The van der Waals surface area contributed by atoms with Crippen LogP contribution in [-0.4, -0.2) is 41.1 Å².